The molecule has 4 nitrogen and oxygen atoms in total. The minimum Gasteiger partial charge on any atom is -0.319 e. The van der Waals surface area contributed by atoms with Gasteiger partial charge in [0.2, 0.25) is 0 Å². The molecule has 0 saturated heterocycles. The summed E-state index contributed by atoms with van der Waals surface area (Å²) in [5.74, 6) is 0.573. The summed E-state index contributed by atoms with van der Waals surface area (Å²) in [5, 5.41) is 8.92. The second-order valence-electron chi connectivity index (χ2n) is 4.46. The Hall–Kier alpha value is -2.16. The van der Waals surface area contributed by atoms with Crippen LogP contribution < -0.4 is 0 Å². The van der Waals surface area contributed by atoms with Crippen LogP contribution in [0.1, 0.15) is 15.5 Å². The maximum Gasteiger partial charge on any atom is 0.192 e. The first-order valence-electron chi connectivity index (χ1n) is 6.28. The summed E-state index contributed by atoms with van der Waals surface area (Å²) in [6.07, 6.45) is 0.174. The van der Waals surface area contributed by atoms with E-state index in [1.165, 1.54) is 11.3 Å². The lowest BCUT2D eigenvalue weighted by molar-refractivity contribution is 0.0976. The summed E-state index contributed by atoms with van der Waals surface area (Å²) < 4.78 is 2.39. The Morgan fingerprint density at radius 3 is 2.86 bits per heavy atom. The van der Waals surface area contributed by atoms with E-state index in [-0.39, 0.29) is 18.7 Å². The summed E-state index contributed by atoms with van der Waals surface area (Å²) in [7, 11) is 0. The highest BCUT2D eigenvalue weighted by atomic mass is 35.5. The molecular formula is C15H10ClN3OS. The second-order valence-corrected chi connectivity index (χ2v) is 6.18. The molecule has 0 radical (unpaired) electrons. The van der Waals surface area contributed by atoms with Gasteiger partial charge in [0.25, 0.3) is 0 Å². The van der Waals surface area contributed by atoms with Crippen LogP contribution in [0.15, 0.2) is 36.4 Å². The predicted molar refractivity (Wildman–Crippen MR) is 82.7 cm³/mol. The van der Waals surface area contributed by atoms with Crippen molar-refractivity contribution in [3.8, 4) is 6.07 Å². The second kappa shape index (κ2) is 5.68. The predicted octanol–water partition coefficient (Wildman–Crippen LogP) is 3.70. The number of ketones is 1. The molecule has 1 aromatic carbocycles. The van der Waals surface area contributed by atoms with Crippen LogP contribution in [0.3, 0.4) is 0 Å². The number of thiophene rings is 1. The molecule has 6 heteroatoms. The molecule has 0 aliphatic heterocycles. The number of halogens is 1. The topological polar surface area (TPSA) is 58.7 Å². The van der Waals surface area contributed by atoms with Crippen molar-refractivity contribution in [2.75, 3.05) is 0 Å². The summed E-state index contributed by atoms with van der Waals surface area (Å²) >= 11 is 7.13. The molecule has 0 unspecified atom stereocenters. The highest BCUT2D eigenvalue weighted by Gasteiger charge is 2.15. The van der Waals surface area contributed by atoms with E-state index in [1.54, 1.807) is 16.7 Å². The van der Waals surface area contributed by atoms with Gasteiger partial charge in [-0.05, 0) is 24.3 Å². The summed E-state index contributed by atoms with van der Waals surface area (Å²) in [6, 6.07) is 13.1. The van der Waals surface area contributed by atoms with Crippen LogP contribution in [0.2, 0.25) is 4.34 Å². The normalized spacial score (nSPS) is 10.7. The number of hydrogen-bond acceptors (Lipinski definition) is 4. The minimum atomic E-state index is -0.0331. The Balaban J connectivity index is 2.01. The van der Waals surface area contributed by atoms with Crippen molar-refractivity contribution >= 4 is 39.8 Å². The molecule has 0 fully saturated rings. The number of hydrogen-bond donors (Lipinski definition) is 0. The molecule has 0 bridgehead atoms. The molecule has 3 rings (SSSR count). The highest BCUT2D eigenvalue weighted by Crippen LogP contribution is 2.23. The lowest BCUT2D eigenvalue weighted by Gasteiger charge is -2.05. The maximum atomic E-state index is 12.3. The Morgan fingerprint density at radius 2 is 2.14 bits per heavy atom. The lowest BCUT2D eigenvalue weighted by atomic mass is 10.3. The Labute approximate surface area is 130 Å². The van der Waals surface area contributed by atoms with E-state index in [2.05, 4.69) is 11.1 Å². The van der Waals surface area contributed by atoms with Gasteiger partial charge in [-0.3, -0.25) is 4.79 Å². The van der Waals surface area contributed by atoms with Crippen molar-refractivity contribution in [1.29, 1.82) is 5.26 Å². The van der Waals surface area contributed by atoms with Crippen LogP contribution in [0.4, 0.5) is 0 Å². The average Bonchev–Trinajstić information content (AvgIpc) is 3.05. The van der Waals surface area contributed by atoms with Crippen molar-refractivity contribution in [3.63, 3.8) is 0 Å². The number of Topliss-reactive ketones (excluding diaryl/α,β-unsaturated/α-hetero) is 1. The van der Waals surface area contributed by atoms with Crippen LogP contribution in [0.5, 0.6) is 0 Å². The Morgan fingerprint density at radius 1 is 1.33 bits per heavy atom. The SMILES string of the molecule is N#CCc1nc2ccccc2n1CC(=O)c1ccc(Cl)s1. The number of fused-ring (bicyclic) bond motifs is 1. The summed E-state index contributed by atoms with van der Waals surface area (Å²) in [5.41, 5.74) is 1.65. The zero-order valence-electron chi connectivity index (χ0n) is 10.9. The lowest BCUT2D eigenvalue weighted by Crippen LogP contribution is -2.12. The largest absolute Gasteiger partial charge is 0.319 e. The zero-order valence-corrected chi connectivity index (χ0v) is 12.5. The number of nitrogens with zero attached hydrogens (tertiary/aromatic N) is 3. The number of nitriles is 1. The van der Waals surface area contributed by atoms with Crippen molar-refractivity contribution in [2.45, 2.75) is 13.0 Å². The third kappa shape index (κ3) is 2.68. The van der Waals surface area contributed by atoms with Crippen LogP contribution in [-0.4, -0.2) is 15.3 Å². The number of carbonyl (C=O) groups excluding carboxylic acids is 1. The van der Waals surface area contributed by atoms with Gasteiger partial charge < -0.3 is 4.57 Å². The number of rotatable bonds is 4. The van der Waals surface area contributed by atoms with Gasteiger partial charge in [-0.2, -0.15) is 5.26 Å². The third-order valence-corrected chi connectivity index (χ3v) is 4.39. The fourth-order valence-electron chi connectivity index (χ4n) is 2.19. The first-order valence-corrected chi connectivity index (χ1v) is 7.48. The van der Waals surface area contributed by atoms with Crippen LogP contribution in [-0.2, 0) is 13.0 Å². The number of imidazole rings is 1. The van der Waals surface area contributed by atoms with Crippen molar-refractivity contribution < 1.29 is 4.79 Å². The average molecular weight is 316 g/mol. The smallest absolute Gasteiger partial charge is 0.192 e. The fourth-order valence-corrected chi connectivity index (χ4v) is 3.17. The monoisotopic (exact) mass is 315 g/mol. The van der Waals surface area contributed by atoms with Gasteiger partial charge in [0, 0.05) is 0 Å². The minimum absolute atomic E-state index is 0.0331. The first kappa shape index (κ1) is 13.8. The quantitative estimate of drug-likeness (QED) is 0.690. The molecule has 0 saturated carbocycles. The maximum absolute atomic E-state index is 12.3. The van der Waals surface area contributed by atoms with Crippen molar-refractivity contribution in [2.24, 2.45) is 0 Å². The van der Waals surface area contributed by atoms with Gasteiger partial charge in [0.05, 0.1) is 39.3 Å². The summed E-state index contributed by atoms with van der Waals surface area (Å²) in [4.78, 5) is 17.4. The van der Waals surface area contributed by atoms with Gasteiger partial charge in [0.1, 0.15) is 5.82 Å². The van der Waals surface area contributed by atoms with E-state index < -0.39 is 0 Å². The van der Waals surface area contributed by atoms with Gasteiger partial charge in [-0.1, -0.05) is 23.7 Å². The van der Waals surface area contributed by atoms with Crippen LogP contribution in [0, 0.1) is 11.3 Å². The van der Waals surface area contributed by atoms with Gasteiger partial charge >= 0.3 is 0 Å². The number of para-hydroxylation sites is 2. The molecule has 0 aliphatic carbocycles. The molecule has 104 valence electrons. The van der Waals surface area contributed by atoms with Crippen molar-refractivity contribution in [1.82, 2.24) is 9.55 Å². The third-order valence-electron chi connectivity index (χ3n) is 3.12. The zero-order chi connectivity index (χ0) is 14.8. The van der Waals surface area contributed by atoms with Crippen LogP contribution in [0.25, 0.3) is 11.0 Å². The van der Waals surface area contributed by atoms with E-state index in [4.69, 9.17) is 16.9 Å². The molecular weight excluding hydrogens is 306 g/mol. The molecule has 0 N–H and O–H groups in total. The van der Waals surface area contributed by atoms with Gasteiger partial charge in [0.15, 0.2) is 5.78 Å². The van der Waals surface area contributed by atoms with Gasteiger partial charge in [-0.15, -0.1) is 11.3 Å². The van der Waals surface area contributed by atoms with Crippen molar-refractivity contribution in [3.05, 3.63) is 51.4 Å². The molecule has 2 heterocycles. The van der Waals surface area contributed by atoms with Gasteiger partial charge in [-0.25, -0.2) is 4.98 Å². The standard InChI is InChI=1S/C15H10ClN3OS/c16-14-6-5-13(21-14)12(20)9-19-11-4-2-1-3-10(11)18-15(19)7-8-17/h1-6H,7,9H2. The molecule has 2 aromatic heterocycles. The molecule has 0 amide bonds. The molecule has 3 aromatic rings. The fraction of sp³-hybridized carbons (Fsp3) is 0.133. The Bertz CT molecular complexity index is 859. The molecule has 0 aliphatic rings. The van der Waals surface area contributed by atoms with Crippen LogP contribution >= 0.6 is 22.9 Å². The first-order chi connectivity index (χ1) is 10.2. The number of benzene rings is 1. The Kier molecular flexibility index (Phi) is 3.74. The van der Waals surface area contributed by atoms with E-state index in [0.29, 0.717) is 15.0 Å². The van der Waals surface area contributed by atoms with E-state index in [1.807, 2.05) is 24.3 Å². The van der Waals surface area contributed by atoms with E-state index in [0.717, 1.165) is 11.0 Å². The number of aromatic nitrogens is 2. The molecule has 0 atom stereocenters. The molecule has 0 spiro atoms. The van der Waals surface area contributed by atoms with E-state index in [9.17, 15) is 4.79 Å². The molecule has 21 heavy (non-hydrogen) atoms. The van der Waals surface area contributed by atoms with E-state index >= 15 is 0 Å². The number of carbonyl (C=O) groups is 1. The summed E-state index contributed by atoms with van der Waals surface area (Å²) in [6.45, 7) is 0.161. The highest BCUT2D eigenvalue weighted by molar-refractivity contribution is 7.18.